The van der Waals surface area contributed by atoms with Crippen LogP contribution in [-0.2, 0) is 13.0 Å². The van der Waals surface area contributed by atoms with Crippen LogP contribution in [0.2, 0.25) is 0 Å². The summed E-state index contributed by atoms with van der Waals surface area (Å²) in [5, 5.41) is 3.17. The van der Waals surface area contributed by atoms with Crippen LogP contribution >= 0.6 is 11.3 Å². The van der Waals surface area contributed by atoms with Crippen molar-refractivity contribution in [3.05, 3.63) is 75.7 Å². The molecule has 0 spiro atoms. The van der Waals surface area contributed by atoms with E-state index in [1.54, 1.807) is 11.3 Å². The number of nitrogens with zero attached hydrogens (tertiary/aromatic N) is 1. The highest BCUT2D eigenvalue weighted by atomic mass is 32.1. The first kappa shape index (κ1) is 14.6. The summed E-state index contributed by atoms with van der Waals surface area (Å²) in [6.45, 7) is 2.53. The van der Waals surface area contributed by atoms with E-state index in [9.17, 15) is 0 Å². The maximum Gasteiger partial charge on any atom is 0.142 e. The molecule has 0 atom stereocenters. The van der Waals surface area contributed by atoms with Gasteiger partial charge in [0.05, 0.1) is 10.7 Å². The number of aromatic nitrogens is 1. The predicted octanol–water partition coefficient (Wildman–Crippen LogP) is 4.20. The number of nitrogens with two attached hydrogens (primary N) is 1. The van der Waals surface area contributed by atoms with Crippen molar-refractivity contribution in [2.24, 2.45) is 0 Å². The molecule has 1 aromatic heterocycles. The van der Waals surface area contributed by atoms with Gasteiger partial charge >= 0.3 is 0 Å². The average molecular weight is 310 g/mol. The monoisotopic (exact) mass is 310 g/mol. The quantitative estimate of drug-likeness (QED) is 0.718. The second-order valence-corrected chi connectivity index (χ2v) is 6.15. The number of aryl methyl sites for hydroxylation is 1. The molecule has 22 heavy (non-hydrogen) atoms. The van der Waals surface area contributed by atoms with E-state index in [1.807, 2.05) is 55.5 Å². The predicted molar refractivity (Wildman–Crippen MR) is 91.3 cm³/mol. The molecule has 0 aliphatic heterocycles. The Morgan fingerprint density at radius 3 is 2.59 bits per heavy atom. The van der Waals surface area contributed by atoms with Gasteiger partial charge in [0.1, 0.15) is 12.4 Å². The zero-order valence-electron chi connectivity index (χ0n) is 12.5. The molecule has 2 aromatic carbocycles. The van der Waals surface area contributed by atoms with Gasteiger partial charge in [-0.3, -0.25) is 0 Å². The Morgan fingerprint density at radius 1 is 1.09 bits per heavy atom. The van der Waals surface area contributed by atoms with Gasteiger partial charge in [-0.1, -0.05) is 36.4 Å². The molecule has 0 saturated heterocycles. The number of nitrogen functional groups attached to an aromatic ring is 1. The summed E-state index contributed by atoms with van der Waals surface area (Å²) in [7, 11) is 0. The SMILES string of the molecule is Cc1csc(Cc2ccc(OCc3ccccc3)c(N)c2)n1. The first-order valence-electron chi connectivity index (χ1n) is 7.17. The summed E-state index contributed by atoms with van der Waals surface area (Å²) >= 11 is 1.68. The van der Waals surface area contributed by atoms with Crippen LogP contribution in [0.4, 0.5) is 5.69 Å². The highest BCUT2D eigenvalue weighted by Gasteiger charge is 2.05. The summed E-state index contributed by atoms with van der Waals surface area (Å²) in [5.74, 6) is 0.725. The third-order valence-electron chi connectivity index (χ3n) is 3.33. The Hall–Kier alpha value is -2.33. The van der Waals surface area contributed by atoms with Crippen LogP contribution < -0.4 is 10.5 Å². The largest absolute Gasteiger partial charge is 0.487 e. The standard InChI is InChI=1S/C18H18N2OS/c1-13-12-22-18(20-13)10-15-7-8-17(16(19)9-15)21-11-14-5-3-2-4-6-14/h2-9,12H,10-11,19H2,1H3. The molecule has 0 fully saturated rings. The fourth-order valence-electron chi connectivity index (χ4n) is 2.23. The fraction of sp³-hybridized carbons (Fsp3) is 0.167. The number of anilines is 1. The maximum atomic E-state index is 6.10. The summed E-state index contributed by atoms with van der Waals surface area (Å²) in [4.78, 5) is 4.48. The van der Waals surface area contributed by atoms with Gasteiger partial charge < -0.3 is 10.5 Å². The maximum absolute atomic E-state index is 6.10. The summed E-state index contributed by atoms with van der Waals surface area (Å²) < 4.78 is 5.79. The molecule has 3 aromatic rings. The van der Waals surface area contributed by atoms with Gasteiger partial charge in [-0.15, -0.1) is 11.3 Å². The van der Waals surface area contributed by atoms with Crippen LogP contribution in [0.25, 0.3) is 0 Å². The first-order chi connectivity index (χ1) is 10.7. The fourth-order valence-corrected chi connectivity index (χ4v) is 3.04. The van der Waals surface area contributed by atoms with Crippen LogP contribution in [0.3, 0.4) is 0 Å². The molecule has 3 nitrogen and oxygen atoms in total. The van der Waals surface area contributed by atoms with Crippen LogP contribution in [0.15, 0.2) is 53.9 Å². The van der Waals surface area contributed by atoms with Gasteiger partial charge in [0.25, 0.3) is 0 Å². The average Bonchev–Trinajstić information content (AvgIpc) is 2.92. The second kappa shape index (κ2) is 6.62. The molecule has 112 valence electrons. The molecular weight excluding hydrogens is 292 g/mol. The molecule has 0 aliphatic carbocycles. The Labute approximate surface area is 134 Å². The minimum Gasteiger partial charge on any atom is -0.487 e. The van der Waals surface area contributed by atoms with E-state index in [-0.39, 0.29) is 0 Å². The minimum absolute atomic E-state index is 0.524. The second-order valence-electron chi connectivity index (χ2n) is 5.21. The molecule has 0 unspecified atom stereocenters. The third kappa shape index (κ3) is 3.65. The van der Waals surface area contributed by atoms with Crippen LogP contribution in [0.5, 0.6) is 5.75 Å². The Kier molecular flexibility index (Phi) is 4.39. The number of hydrogen-bond acceptors (Lipinski definition) is 4. The third-order valence-corrected chi connectivity index (χ3v) is 4.30. The van der Waals surface area contributed by atoms with Gasteiger partial charge in [-0.05, 0) is 30.2 Å². The highest BCUT2D eigenvalue weighted by molar-refractivity contribution is 7.09. The Morgan fingerprint density at radius 2 is 1.91 bits per heavy atom. The van der Waals surface area contributed by atoms with E-state index in [0.29, 0.717) is 12.3 Å². The lowest BCUT2D eigenvalue weighted by molar-refractivity contribution is 0.308. The number of rotatable bonds is 5. The van der Waals surface area contributed by atoms with Gasteiger partial charge in [0.2, 0.25) is 0 Å². The molecule has 3 rings (SSSR count). The molecule has 0 aliphatic rings. The van der Waals surface area contributed by atoms with E-state index < -0.39 is 0 Å². The van der Waals surface area contributed by atoms with Crippen molar-refractivity contribution >= 4 is 17.0 Å². The van der Waals surface area contributed by atoms with Crippen LogP contribution in [0, 0.1) is 6.92 Å². The van der Waals surface area contributed by atoms with Gasteiger partial charge in [0.15, 0.2) is 0 Å². The Bertz CT molecular complexity index is 753. The highest BCUT2D eigenvalue weighted by Crippen LogP contribution is 2.25. The molecule has 0 saturated carbocycles. The smallest absolute Gasteiger partial charge is 0.142 e. The number of ether oxygens (including phenoxy) is 1. The van der Waals surface area contributed by atoms with Crippen LogP contribution in [-0.4, -0.2) is 4.98 Å². The summed E-state index contributed by atoms with van der Waals surface area (Å²) in [5.41, 5.74) is 10.1. The van der Waals surface area contributed by atoms with E-state index in [0.717, 1.165) is 34.0 Å². The normalized spacial score (nSPS) is 10.6. The first-order valence-corrected chi connectivity index (χ1v) is 8.05. The molecule has 0 radical (unpaired) electrons. The van der Waals surface area contributed by atoms with Crippen molar-refractivity contribution in [1.29, 1.82) is 0 Å². The zero-order valence-corrected chi connectivity index (χ0v) is 13.3. The molecular formula is C18H18N2OS. The van der Waals surface area contributed by atoms with Crippen molar-refractivity contribution in [3.8, 4) is 5.75 Å². The minimum atomic E-state index is 0.524. The van der Waals surface area contributed by atoms with E-state index in [4.69, 9.17) is 10.5 Å². The van der Waals surface area contributed by atoms with Crippen molar-refractivity contribution < 1.29 is 4.74 Å². The van der Waals surface area contributed by atoms with Crippen molar-refractivity contribution in [2.75, 3.05) is 5.73 Å². The van der Waals surface area contributed by atoms with Crippen molar-refractivity contribution in [1.82, 2.24) is 4.98 Å². The topological polar surface area (TPSA) is 48.1 Å². The molecule has 1 heterocycles. The van der Waals surface area contributed by atoms with Gasteiger partial charge in [-0.2, -0.15) is 0 Å². The van der Waals surface area contributed by atoms with Crippen molar-refractivity contribution in [2.45, 2.75) is 20.0 Å². The number of thiazole rings is 1. The van der Waals surface area contributed by atoms with Gasteiger partial charge in [-0.25, -0.2) is 4.98 Å². The van der Waals surface area contributed by atoms with E-state index in [2.05, 4.69) is 10.4 Å². The zero-order chi connectivity index (χ0) is 15.4. The lowest BCUT2D eigenvalue weighted by Gasteiger charge is -2.10. The Balaban J connectivity index is 1.67. The lowest BCUT2D eigenvalue weighted by atomic mass is 10.1. The summed E-state index contributed by atoms with van der Waals surface area (Å²) in [6.07, 6.45) is 0.807. The molecule has 0 bridgehead atoms. The van der Waals surface area contributed by atoms with Crippen molar-refractivity contribution in [3.63, 3.8) is 0 Å². The van der Waals surface area contributed by atoms with E-state index in [1.165, 1.54) is 0 Å². The summed E-state index contributed by atoms with van der Waals surface area (Å²) in [6, 6.07) is 16.0. The number of benzene rings is 2. The van der Waals surface area contributed by atoms with Crippen LogP contribution in [0.1, 0.15) is 21.8 Å². The lowest BCUT2D eigenvalue weighted by Crippen LogP contribution is -1.99. The van der Waals surface area contributed by atoms with Gasteiger partial charge in [0, 0.05) is 17.5 Å². The molecule has 4 heteroatoms. The number of hydrogen-bond donors (Lipinski definition) is 1. The molecule has 0 amide bonds. The molecule has 2 N–H and O–H groups in total. The van der Waals surface area contributed by atoms with E-state index >= 15 is 0 Å².